The second-order valence-corrected chi connectivity index (χ2v) is 10.8. The van der Waals surface area contributed by atoms with Crippen LogP contribution in [-0.4, -0.2) is 65.6 Å². The van der Waals surface area contributed by atoms with E-state index in [1.165, 1.54) is 32.1 Å². The highest BCUT2D eigenvalue weighted by atomic mass is 16.6. The van der Waals surface area contributed by atoms with Crippen LogP contribution in [0.1, 0.15) is 52.9 Å². The van der Waals surface area contributed by atoms with Crippen LogP contribution in [0.15, 0.2) is 24.4 Å². The van der Waals surface area contributed by atoms with E-state index in [0.717, 1.165) is 24.4 Å². The Bertz CT molecular complexity index is 1260. The maximum absolute atomic E-state index is 12.8. The molecule has 4 rings (SSSR count). The number of nitrogens with zero attached hydrogens (tertiary/aromatic N) is 3. The summed E-state index contributed by atoms with van der Waals surface area (Å²) >= 11 is 0. The van der Waals surface area contributed by atoms with Crippen molar-refractivity contribution >= 4 is 33.7 Å². The van der Waals surface area contributed by atoms with Gasteiger partial charge in [0, 0.05) is 18.5 Å². The Morgan fingerprint density at radius 1 is 1.11 bits per heavy atom. The van der Waals surface area contributed by atoms with Crippen molar-refractivity contribution in [3.8, 4) is 11.6 Å². The van der Waals surface area contributed by atoms with Crippen LogP contribution in [0.2, 0.25) is 0 Å². The van der Waals surface area contributed by atoms with Gasteiger partial charge in [0.15, 0.2) is 6.61 Å². The van der Waals surface area contributed by atoms with Crippen molar-refractivity contribution in [2.45, 2.75) is 65.0 Å². The molecule has 1 fully saturated rings. The summed E-state index contributed by atoms with van der Waals surface area (Å²) in [4.78, 5) is 29.6. The fourth-order valence-corrected chi connectivity index (χ4v) is 4.83. The molecular weight excluding hydrogens is 486 g/mol. The predicted octanol–water partition coefficient (Wildman–Crippen LogP) is 3.60. The first-order chi connectivity index (χ1) is 18.2. The lowest BCUT2D eigenvalue weighted by Gasteiger charge is -2.21. The van der Waals surface area contributed by atoms with Crippen molar-refractivity contribution in [1.82, 2.24) is 25.4 Å². The van der Waals surface area contributed by atoms with Crippen molar-refractivity contribution in [1.29, 1.82) is 0 Å². The molecule has 1 aliphatic carbocycles. The third kappa shape index (κ3) is 7.34. The average molecular weight is 526 g/mol. The van der Waals surface area contributed by atoms with Crippen LogP contribution in [0, 0.1) is 5.92 Å². The zero-order valence-corrected chi connectivity index (χ0v) is 22.8. The number of pyridine rings is 1. The Morgan fingerprint density at radius 2 is 1.89 bits per heavy atom. The van der Waals surface area contributed by atoms with Crippen LogP contribution in [0.4, 0.5) is 0 Å². The van der Waals surface area contributed by atoms with Crippen molar-refractivity contribution in [2.75, 3.05) is 33.4 Å². The third-order valence-electron chi connectivity index (χ3n) is 6.57. The SMILES string of the molecule is COc1ccc2nc(OCC(=O)OC(C)(C)C)c3cnn(CC(=O)NCCNCC4CCCCC4)c3c2c1. The molecule has 0 aliphatic heterocycles. The molecule has 3 aromatic rings. The van der Waals surface area contributed by atoms with Gasteiger partial charge in [-0.1, -0.05) is 19.3 Å². The van der Waals surface area contributed by atoms with Gasteiger partial charge in [0.2, 0.25) is 11.8 Å². The molecule has 0 saturated heterocycles. The fraction of sp³-hybridized carbons (Fsp3) is 0.571. The number of benzene rings is 1. The largest absolute Gasteiger partial charge is 0.497 e. The number of esters is 1. The van der Waals surface area contributed by atoms with E-state index in [1.807, 2.05) is 12.1 Å². The molecule has 2 heterocycles. The summed E-state index contributed by atoms with van der Waals surface area (Å²) < 4.78 is 18.2. The Labute approximate surface area is 223 Å². The molecule has 0 spiro atoms. The van der Waals surface area contributed by atoms with E-state index in [-0.39, 0.29) is 24.9 Å². The number of carbonyl (C=O) groups excluding carboxylic acids is 2. The molecule has 10 heteroatoms. The molecule has 1 aliphatic rings. The number of amides is 1. The summed E-state index contributed by atoms with van der Waals surface area (Å²) in [5.41, 5.74) is 0.692. The molecule has 206 valence electrons. The van der Waals surface area contributed by atoms with E-state index in [2.05, 4.69) is 20.7 Å². The Kier molecular flexibility index (Phi) is 9.04. The quantitative estimate of drug-likeness (QED) is 0.288. The maximum Gasteiger partial charge on any atom is 0.344 e. The van der Waals surface area contributed by atoms with Gasteiger partial charge in [-0.05, 0) is 64.3 Å². The molecule has 1 amide bonds. The number of fused-ring (bicyclic) bond motifs is 3. The predicted molar refractivity (Wildman–Crippen MR) is 145 cm³/mol. The van der Waals surface area contributed by atoms with E-state index in [9.17, 15) is 9.59 Å². The summed E-state index contributed by atoms with van der Waals surface area (Å²) in [5.74, 6) is 1.02. The van der Waals surface area contributed by atoms with Gasteiger partial charge in [-0.3, -0.25) is 9.48 Å². The van der Waals surface area contributed by atoms with Crippen molar-refractivity contribution in [3.63, 3.8) is 0 Å². The molecule has 10 nitrogen and oxygen atoms in total. The molecule has 0 radical (unpaired) electrons. The first-order valence-corrected chi connectivity index (χ1v) is 13.4. The first-order valence-electron chi connectivity index (χ1n) is 13.4. The summed E-state index contributed by atoms with van der Waals surface area (Å²) in [7, 11) is 1.59. The number of hydrogen-bond donors (Lipinski definition) is 2. The molecule has 1 saturated carbocycles. The topological polar surface area (TPSA) is 117 Å². The minimum Gasteiger partial charge on any atom is -0.497 e. The second kappa shape index (κ2) is 12.4. The van der Waals surface area contributed by atoms with Crippen LogP contribution in [0.5, 0.6) is 11.6 Å². The van der Waals surface area contributed by atoms with Gasteiger partial charge in [-0.25, -0.2) is 9.78 Å². The van der Waals surface area contributed by atoms with E-state index in [1.54, 1.807) is 44.8 Å². The van der Waals surface area contributed by atoms with E-state index < -0.39 is 11.6 Å². The van der Waals surface area contributed by atoms with Crippen LogP contribution in [-0.2, 0) is 20.9 Å². The highest BCUT2D eigenvalue weighted by molar-refractivity contribution is 6.06. The zero-order valence-electron chi connectivity index (χ0n) is 22.8. The molecule has 0 bridgehead atoms. The summed E-state index contributed by atoms with van der Waals surface area (Å²) in [6, 6.07) is 5.46. The molecule has 2 aromatic heterocycles. The van der Waals surface area contributed by atoms with Crippen LogP contribution >= 0.6 is 0 Å². The van der Waals surface area contributed by atoms with Crippen LogP contribution < -0.4 is 20.1 Å². The number of ether oxygens (including phenoxy) is 3. The number of aromatic nitrogens is 3. The van der Waals surface area contributed by atoms with Gasteiger partial charge < -0.3 is 24.8 Å². The van der Waals surface area contributed by atoms with Gasteiger partial charge >= 0.3 is 5.97 Å². The lowest BCUT2D eigenvalue weighted by molar-refractivity contribution is -0.157. The summed E-state index contributed by atoms with van der Waals surface area (Å²) in [6.07, 6.45) is 8.19. The molecule has 2 N–H and O–H groups in total. The molecular formula is C28H39N5O5. The van der Waals surface area contributed by atoms with Crippen LogP contribution in [0.3, 0.4) is 0 Å². The van der Waals surface area contributed by atoms with E-state index in [0.29, 0.717) is 28.7 Å². The van der Waals surface area contributed by atoms with Gasteiger partial charge in [-0.2, -0.15) is 5.10 Å². The lowest BCUT2D eigenvalue weighted by atomic mass is 9.89. The molecule has 0 unspecified atom stereocenters. The van der Waals surface area contributed by atoms with Crippen molar-refractivity contribution in [3.05, 3.63) is 24.4 Å². The Morgan fingerprint density at radius 3 is 2.63 bits per heavy atom. The number of nitrogens with one attached hydrogen (secondary N) is 2. The minimum absolute atomic E-state index is 0.0357. The van der Waals surface area contributed by atoms with Crippen LogP contribution in [0.25, 0.3) is 21.8 Å². The van der Waals surface area contributed by atoms with E-state index in [4.69, 9.17) is 14.2 Å². The molecule has 38 heavy (non-hydrogen) atoms. The number of methoxy groups -OCH3 is 1. The molecule has 0 atom stereocenters. The lowest BCUT2D eigenvalue weighted by Crippen LogP contribution is -2.35. The normalized spacial score (nSPS) is 14.5. The van der Waals surface area contributed by atoms with Crippen molar-refractivity contribution in [2.24, 2.45) is 5.92 Å². The van der Waals surface area contributed by atoms with Gasteiger partial charge in [0.25, 0.3) is 0 Å². The molecule has 1 aromatic carbocycles. The highest BCUT2D eigenvalue weighted by Gasteiger charge is 2.20. The fourth-order valence-electron chi connectivity index (χ4n) is 4.83. The van der Waals surface area contributed by atoms with Gasteiger partial charge in [0.05, 0.1) is 29.7 Å². The van der Waals surface area contributed by atoms with Gasteiger partial charge in [0.1, 0.15) is 17.9 Å². The number of hydrogen-bond acceptors (Lipinski definition) is 8. The standard InChI is InChI=1S/C28H39N5O5/c1-28(2,3)38-25(35)18-37-27-22-16-31-33(26(22)21-14-20(36-4)10-11-23(21)32-27)17-24(34)30-13-12-29-15-19-8-6-5-7-9-19/h10-11,14,16,19,29H,5-9,12-13,15,17-18H2,1-4H3,(H,30,34). The monoisotopic (exact) mass is 525 g/mol. The maximum atomic E-state index is 12.8. The summed E-state index contributed by atoms with van der Waals surface area (Å²) in [6.45, 7) is 7.42. The average Bonchev–Trinajstić information content (AvgIpc) is 3.30. The zero-order chi connectivity index (χ0) is 27.1. The van der Waals surface area contributed by atoms with Gasteiger partial charge in [-0.15, -0.1) is 0 Å². The smallest absolute Gasteiger partial charge is 0.344 e. The number of rotatable bonds is 11. The number of carbonyl (C=O) groups is 2. The van der Waals surface area contributed by atoms with Crippen molar-refractivity contribution < 1.29 is 23.8 Å². The first kappa shape index (κ1) is 27.6. The second-order valence-electron chi connectivity index (χ2n) is 10.8. The Balaban J connectivity index is 1.46. The highest BCUT2D eigenvalue weighted by Crippen LogP contribution is 2.33. The van der Waals surface area contributed by atoms with E-state index >= 15 is 0 Å². The summed E-state index contributed by atoms with van der Waals surface area (Å²) in [5, 5.41) is 12.3. The minimum atomic E-state index is -0.618. The third-order valence-corrected chi connectivity index (χ3v) is 6.57. The Hall–Kier alpha value is -3.40.